The van der Waals surface area contributed by atoms with Crippen LogP contribution < -0.4 is 11.0 Å². The lowest BCUT2D eigenvalue weighted by atomic mass is 9.97. The Kier molecular flexibility index (Phi) is 6.17. The van der Waals surface area contributed by atoms with Gasteiger partial charge in [0.25, 0.3) is 0 Å². The monoisotopic (exact) mass is 403 g/mol. The molecule has 0 unspecified atom stereocenters. The van der Waals surface area contributed by atoms with Crippen LogP contribution in [0.15, 0.2) is 32.6 Å². The standard InChI is InChI=1S/C20H25N3O4S/c24-18(21-11-14-5-3-9-26-14)13-28-19-16-7-1-2-8-17(16)23(20(25)22-19)12-15-6-4-10-27-15/h3,5,9,15H,1-2,4,6-8,10-13H2,(H,21,24)/t15-/m0/s1. The number of thioether (sulfide) groups is 1. The molecule has 0 saturated carbocycles. The van der Waals surface area contributed by atoms with Crippen molar-refractivity contribution in [3.05, 3.63) is 45.9 Å². The minimum absolute atomic E-state index is 0.101. The summed E-state index contributed by atoms with van der Waals surface area (Å²) in [5.41, 5.74) is 1.99. The molecule has 2 aliphatic rings. The highest BCUT2D eigenvalue weighted by Gasteiger charge is 2.24. The van der Waals surface area contributed by atoms with Gasteiger partial charge in [0.2, 0.25) is 5.91 Å². The average molecular weight is 404 g/mol. The lowest BCUT2D eigenvalue weighted by Gasteiger charge is -2.24. The fraction of sp³-hybridized carbons (Fsp3) is 0.550. The number of hydrogen-bond donors (Lipinski definition) is 1. The number of fused-ring (bicyclic) bond motifs is 1. The molecular formula is C20H25N3O4S. The van der Waals surface area contributed by atoms with E-state index in [0.717, 1.165) is 56.4 Å². The van der Waals surface area contributed by atoms with Crippen molar-refractivity contribution in [1.82, 2.24) is 14.9 Å². The molecule has 150 valence electrons. The van der Waals surface area contributed by atoms with Crippen molar-refractivity contribution in [3.63, 3.8) is 0 Å². The molecule has 0 radical (unpaired) electrons. The minimum Gasteiger partial charge on any atom is -0.467 e. The number of carbonyl (C=O) groups is 1. The van der Waals surface area contributed by atoms with Gasteiger partial charge in [-0.15, -0.1) is 0 Å². The van der Waals surface area contributed by atoms with Gasteiger partial charge >= 0.3 is 5.69 Å². The molecule has 28 heavy (non-hydrogen) atoms. The lowest BCUT2D eigenvalue weighted by molar-refractivity contribution is -0.118. The number of amides is 1. The number of nitrogens with one attached hydrogen (secondary N) is 1. The minimum atomic E-state index is -0.227. The van der Waals surface area contributed by atoms with E-state index in [9.17, 15) is 9.59 Å². The molecule has 0 aromatic carbocycles. The number of hydrogen-bond acceptors (Lipinski definition) is 6. The van der Waals surface area contributed by atoms with Crippen molar-refractivity contribution in [2.75, 3.05) is 12.4 Å². The predicted octanol–water partition coefficient (Wildman–Crippen LogP) is 2.30. The zero-order valence-electron chi connectivity index (χ0n) is 15.8. The van der Waals surface area contributed by atoms with Crippen molar-refractivity contribution < 1.29 is 13.9 Å². The highest BCUT2D eigenvalue weighted by Crippen LogP contribution is 2.29. The normalized spacial score (nSPS) is 18.8. The van der Waals surface area contributed by atoms with Gasteiger partial charge in [0.05, 0.1) is 31.2 Å². The predicted molar refractivity (Wildman–Crippen MR) is 105 cm³/mol. The van der Waals surface area contributed by atoms with E-state index in [0.29, 0.717) is 23.9 Å². The molecule has 4 rings (SSSR count). The van der Waals surface area contributed by atoms with Crippen LogP contribution in [0.3, 0.4) is 0 Å². The van der Waals surface area contributed by atoms with E-state index in [1.165, 1.54) is 11.8 Å². The zero-order valence-corrected chi connectivity index (χ0v) is 16.6. The summed E-state index contributed by atoms with van der Waals surface area (Å²) in [5, 5.41) is 3.53. The van der Waals surface area contributed by atoms with E-state index < -0.39 is 0 Å². The second-order valence-corrected chi connectivity index (χ2v) is 8.19. The Balaban J connectivity index is 1.45. The third-order valence-electron chi connectivity index (χ3n) is 5.24. The van der Waals surface area contributed by atoms with E-state index >= 15 is 0 Å². The molecule has 2 aromatic rings. The highest BCUT2D eigenvalue weighted by atomic mass is 32.2. The molecule has 1 aliphatic heterocycles. The lowest BCUT2D eigenvalue weighted by Crippen LogP contribution is -2.34. The van der Waals surface area contributed by atoms with Crippen molar-refractivity contribution in [2.24, 2.45) is 0 Å². The summed E-state index contributed by atoms with van der Waals surface area (Å²) in [7, 11) is 0. The number of nitrogens with zero attached hydrogens (tertiary/aromatic N) is 2. The van der Waals surface area contributed by atoms with Gasteiger partial charge in [-0.05, 0) is 50.7 Å². The summed E-state index contributed by atoms with van der Waals surface area (Å²) in [5.74, 6) is 0.844. The van der Waals surface area contributed by atoms with Crippen LogP contribution in [0.1, 0.15) is 42.7 Å². The van der Waals surface area contributed by atoms with E-state index in [-0.39, 0.29) is 23.5 Å². The summed E-state index contributed by atoms with van der Waals surface area (Å²) in [4.78, 5) is 29.2. The average Bonchev–Trinajstić information content (AvgIpc) is 3.41. The molecule has 1 aliphatic carbocycles. The van der Waals surface area contributed by atoms with Crippen LogP contribution in [0.5, 0.6) is 0 Å². The smallest absolute Gasteiger partial charge is 0.348 e. The Morgan fingerprint density at radius 1 is 1.32 bits per heavy atom. The SMILES string of the molecule is O=C(CSc1nc(=O)n(C[C@@H]2CCCO2)c2c1CCCC2)NCc1ccco1. The van der Waals surface area contributed by atoms with Gasteiger partial charge in [0.15, 0.2) is 0 Å². The molecule has 8 heteroatoms. The summed E-state index contributed by atoms with van der Waals surface area (Å²) < 4.78 is 12.7. The van der Waals surface area contributed by atoms with Gasteiger partial charge in [-0.25, -0.2) is 4.79 Å². The van der Waals surface area contributed by atoms with Crippen molar-refractivity contribution in [3.8, 4) is 0 Å². The van der Waals surface area contributed by atoms with Gasteiger partial charge < -0.3 is 14.5 Å². The molecule has 2 aromatic heterocycles. The van der Waals surface area contributed by atoms with Crippen LogP contribution >= 0.6 is 11.8 Å². The fourth-order valence-corrected chi connectivity index (χ4v) is 4.74. The number of rotatable bonds is 7. The van der Waals surface area contributed by atoms with E-state index in [1.54, 1.807) is 12.3 Å². The van der Waals surface area contributed by atoms with E-state index in [2.05, 4.69) is 10.3 Å². The Bertz CT molecular complexity index is 872. The molecule has 0 bridgehead atoms. The zero-order chi connectivity index (χ0) is 19.3. The maximum atomic E-state index is 12.7. The number of furan rings is 1. The third kappa shape index (κ3) is 4.50. The summed E-state index contributed by atoms with van der Waals surface area (Å²) in [6.07, 6.45) is 7.70. The number of ether oxygens (including phenoxy) is 1. The summed E-state index contributed by atoms with van der Waals surface area (Å²) >= 11 is 1.35. The second kappa shape index (κ2) is 8.96. The first-order chi connectivity index (χ1) is 13.7. The van der Waals surface area contributed by atoms with E-state index in [1.807, 2.05) is 10.6 Å². The molecule has 1 amide bonds. The van der Waals surface area contributed by atoms with Crippen LogP contribution in [-0.2, 0) is 35.5 Å². The Morgan fingerprint density at radius 3 is 3.00 bits per heavy atom. The van der Waals surface area contributed by atoms with Crippen LogP contribution in [0.25, 0.3) is 0 Å². The number of aromatic nitrogens is 2. The van der Waals surface area contributed by atoms with Gasteiger partial charge in [-0.1, -0.05) is 11.8 Å². The molecule has 0 spiro atoms. The van der Waals surface area contributed by atoms with Crippen molar-refractivity contribution >= 4 is 17.7 Å². The first-order valence-corrected chi connectivity index (χ1v) is 10.9. The number of carbonyl (C=O) groups excluding carboxylic acids is 1. The third-order valence-corrected chi connectivity index (χ3v) is 6.26. The van der Waals surface area contributed by atoms with Crippen LogP contribution in [0.4, 0.5) is 0 Å². The van der Waals surface area contributed by atoms with Crippen LogP contribution in [0, 0.1) is 0 Å². The highest BCUT2D eigenvalue weighted by molar-refractivity contribution is 7.99. The molecule has 1 atom stereocenters. The second-order valence-electron chi connectivity index (χ2n) is 7.22. The molecule has 1 N–H and O–H groups in total. The topological polar surface area (TPSA) is 86.4 Å². The molecule has 1 fully saturated rings. The molecule has 1 saturated heterocycles. The maximum absolute atomic E-state index is 12.7. The van der Waals surface area contributed by atoms with Crippen LogP contribution in [-0.4, -0.2) is 33.9 Å². The first kappa shape index (κ1) is 19.3. The van der Waals surface area contributed by atoms with E-state index in [4.69, 9.17) is 9.15 Å². The Morgan fingerprint density at radius 2 is 2.21 bits per heavy atom. The molecule has 7 nitrogen and oxygen atoms in total. The first-order valence-electron chi connectivity index (χ1n) is 9.87. The summed E-state index contributed by atoms with van der Waals surface area (Å²) in [6.45, 7) is 1.72. The Hall–Kier alpha value is -2.06. The maximum Gasteiger partial charge on any atom is 0.348 e. The van der Waals surface area contributed by atoms with Gasteiger partial charge in [-0.2, -0.15) is 4.98 Å². The largest absolute Gasteiger partial charge is 0.467 e. The molecular weight excluding hydrogens is 378 g/mol. The van der Waals surface area contributed by atoms with Crippen LogP contribution in [0.2, 0.25) is 0 Å². The van der Waals surface area contributed by atoms with Crippen molar-refractivity contribution in [2.45, 2.75) is 62.7 Å². The fourth-order valence-electron chi connectivity index (χ4n) is 3.83. The quantitative estimate of drug-likeness (QED) is 0.564. The molecule has 3 heterocycles. The van der Waals surface area contributed by atoms with Crippen molar-refractivity contribution in [1.29, 1.82) is 0 Å². The Labute approximate surface area is 167 Å². The van der Waals surface area contributed by atoms with Gasteiger partial charge in [-0.3, -0.25) is 9.36 Å². The van der Waals surface area contributed by atoms with Gasteiger partial charge in [0.1, 0.15) is 10.8 Å². The van der Waals surface area contributed by atoms with Gasteiger partial charge in [0, 0.05) is 17.9 Å². The summed E-state index contributed by atoms with van der Waals surface area (Å²) in [6, 6.07) is 3.61.